The van der Waals surface area contributed by atoms with Crippen molar-refractivity contribution >= 4 is 17.7 Å². The number of hydrogen-bond donors (Lipinski definition) is 1. The zero-order chi connectivity index (χ0) is 22.2. The molecule has 8 heteroatoms. The van der Waals surface area contributed by atoms with Gasteiger partial charge in [0.1, 0.15) is 23.0 Å². The first kappa shape index (κ1) is 22.8. The molecule has 0 unspecified atom stereocenters. The SMILES string of the molecule is CCCCNC(=O)[C@@H](CC)Sc1nnc(-c2ccc(F)cc2)c(-c2ccc(F)cc2)n1. The number of hydrogen-bond acceptors (Lipinski definition) is 5. The highest BCUT2D eigenvalue weighted by Gasteiger charge is 2.21. The van der Waals surface area contributed by atoms with E-state index in [1.807, 2.05) is 6.92 Å². The monoisotopic (exact) mass is 442 g/mol. The van der Waals surface area contributed by atoms with E-state index in [9.17, 15) is 13.6 Å². The molecule has 0 aliphatic rings. The highest BCUT2D eigenvalue weighted by Crippen LogP contribution is 2.31. The number of carbonyl (C=O) groups excluding carboxylic acids is 1. The van der Waals surface area contributed by atoms with Crippen LogP contribution in [0, 0.1) is 11.6 Å². The third-order valence-electron chi connectivity index (χ3n) is 4.64. The van der Waals surface area contributed by atoms with E-state index in [-0.39, 0.29) is 22.8 Å². The number of halogens is 2. The Morgan fingerprint density at radius 1 is 0.935 bits per heavy atom. The molecule has 0 saturated heterocycles. The molecule has 0 radical (unpaired) electrons. The van der Waals surface area contributed by atoms with Gasteiger partial charge in [-0.25, -0.2) is 13.8 Å². The van der Waals surface area contributed by atoms with E-state index in [1.54, 1.807) is 24.3 Å². The summed E-state index contributed by atoms with van der Waals surface area (Å²) in [6.45, 7) is 4.63. The molecule has 1 amide bonds. The lowest BCUT2D eigenvalue weighted by atomic mass is 10.0. The van der Waals surface area contributed by atoms with Gasteiger partial charge in [-0.1, -0.05) is 32.0 Å². The second kappa shape index (κ2) is 10.9. The molecule has 0 fully saturated rings. The predicted molar refractivity (Wildman–Crippen MR) is 118 cm³/mol. The number of unbranched alkanes of at least 4 members (excludes halogenated alkanes) is 1. The number of aromatic nitrogens is 3. The summed E-state index contributed by atoms with van der Waals surface area (Å²) in [4.78, 5) is 17.1. The van der Waals surface area contributed by atoms with E-state index in [4.69, 9.17) is 0 Å². The molecule has 31 heavy (non-hydrogen) atoms. The van der Waals surface area contributed by atoms with Gasteiger partial charge in [-0.3, -0.25) is 4.79 Å². The molecule has 1 N–H and O–H groups in total. The molecule has 2 aromatic carbocycles. The fourth-order valence-corrected chi connectivity index (χ4v) is 3.77. The lowest BCUT2D eigenvalue weighted by molar-refractivity contribution is -0.120. The molecule has 1 aromatic heterocycles. The maximum atomic E-state index is 13.4. The minimum absolute atomic E-state index is 0.0597. The Balaban J connectivity index is 1.94. The number of rotatable bonds is 9. The van der Waals surface area contributed by atoms with Gasteiger partial charge >= 0.3 is 0 Å². The molecule has 1 heterocycles. The lowest BCUT2D eigenvalue weighted by Crippen LogP contribution is -2.33. The zero-order valence-corrected chi connectivity index (χ0v) is 18.3. The topological polar surface area (TPSA) is 67.8 Å². The summed E-state index contributed by atoms with van der Waals surface area (Å²) in [7, 11) is 0. The van der Waals surface area contributed by atoms with E-state index in [1.165, 1.54) is 36.0 Å². The van der Waals surface area contributed by atoms with E-state index in [0.29, 0.717) is 40.6 Å². The molecule has 3 aromatic rings. The van der Waals surface area contributed by atoms with Crippen LogP contribution in [0.2, 0.25) is 0 Å². The van der Waals surface area contributed by atoms with Crippen molar-refractivity contribution in [3.63, 3.8) is 0 Å². The van der Waals surface area contributed by atoms with Crippen LogP contribution in [-0.2, 0) is 4.79 Å². The average molecular weight is 443 g/mol. The van der Waals surface area contributed by atoms with Gasteiger partial charge in [0, 0.05) is 17.7 Å². The fraction of sp³-hybridized carbons (Fsp3) is 0.304. The van der Waals surface area contributed by atoms with Crippen LogP contribution in [0.5, 0.6) is 0 Å². The summed E-state index contributed by atoms with van der Waals surface area (Å²) in [5.74, 6) is -0.783. The van der Waals surface area contributed by atoms with Crippen LogP contribution in [0.25, 0.3) is 22.5 Å². The third kappa shape index (κ3) is 6.07. The van der Waals surface area contributed by atoms with Gasteiger partial charge in [0.2, 0.25) is 11.1 Å². The van der Waals surface area contributed by atoms with Crippen molar-refractivity contribution < 1.29 is 13.6 Å². The minimum atomic E-state index is -0.363. The van der Waals surface area contributed by atoms with Gasteiger partial charge in [0.25, 0.3) is 0 Å². The van der Waals surface area contributed by atoms with Crippen molar-refractivity contribution in [2.45, 2.75) is 43.5 Å². The number of nitrogens with one attached hydrogen (secondary N) is 1. The predicted octanol–water partition coefficient (Wildman–Crippen LogP) is 5.27. The van der Waals surface area contributed by atoms with Crippen molar-refractivity contribution in [2.24, 2.45) is 0 Å². The number of thioether (sulfide) groups is 1. The molecule has 0 saturated carbocycles. The van der Waals surface area contributed by atoms with E-state index in [2.05, 4.69) is 27.4 Å². The molecule has 162 valence electrons. The van der Waals surface area contributed by atoms with Crippen LogP contribution in [0.4, 0.5) is 8.78 Å². The van der Waals surface area contributed by atoms with E-state index >= 15 is 0 Å². The van der Waals surface area contributed by atoms with Gasteiger partial charge in [-0.2, -0.15) is 0 Å². The van der Waals surface area contributed by atoms with Crippen LogP contribution >= 0.6 is 11.8 Å². The lowest BCUT2D eigenvalue weighted by Gasteiger charge is -2.15. The molecule has 3 rings (SSSR count). The first-order valence-corrected chi connectivity index (χ1v) is 11.1. The highest BCUT2D eigenvalue weighted by atomic mass is 32.2. The summed E-state index contributed by atoms with van der Waals surface area (Å²) in [5, 5.41) is 11.5. The second-order valence-corrected chi connectivity index (χ2v) is 8.13. The highest BCUT2D eigenvalue weighted by molar-refractivity contribution is 8.00. The summed E-state index contributed by atoms with van der Waals surface area (Å²) in [5.41, 5.74) is 2.24. The molecule has 0 spiro atoms. The zero-order valence-electron chi connectivity index (χ0n) is 17.4. The van der Waals surface area contributed by atoms with E-state index < -0.39 is 0 Å². The standard InChI is InChI=1S/C23H24F2N4OS/c1-3-5-14-26-22(30)19(4-2)31-23-27-20(15-6-10-17(24)11-7-15)21(28-29-23)16-8-12-18(25)13-9-16/h6-13,19H,3-5,14H2,1-2H3,(H,26,30)/t19-/m1/s1. The van der Waals surface area contributed by atoms with Crippen LogP contribution in [0.1, 0.15) is 33.1 Å². The smallest absolute Gasteiger partial charge is 0.233 e. The maximum Gasteiger partial charge on any atom is 0.233 e. The Bertz CT molecular complexity index is 1010. The van der Waals surface area contributed by atoms with Crippen LogP contribution < -0.4 is 5.32 Å². The third-order valence-corrected chi connectivity index (χ3v) is 5.86. The van der Waals surface area contributed by atoms with Crippen LogP contribution in [0.3, 0.4) is 0 Å². The molecule has 1 atom stereocenters. The fourth-order valence-electron chi connectivity index (χ4n) is 2.92. The van der Waals surface area contributed by atoms with Crippen molar-refractivity contribution in [1.29, 1.82) is 0 Å². The minimum Gasteiger partial charge on any atom is -0.355 e. The molecular formula is C23H24F2N4OS. The molecule has 0 aliphatic carbocycles. The van der Waals surface area contributed by atoms with Crippen molar-refractivity contribution in [1.82, 2.24) is 20.5 Å². The Hall–Kier alpha value is -2.87. The van der Waals surface area contributed by atoms with Crippen molar-refractivity contribution in [3.8, 4) is 22.5 Å². The average Bonchev–Trinajstić information content (AvgIpc) is 2.78. The Kier molecular flexibility index (Phi) is 8.06. The number of amides is 1. The summed E-state index contributed by atoms with van der Waals surface area (Å²) in [6, 6.07) is 11.8. The Morgan fingerprint density at radius 3 is 2.06 bits per heavy atom. The Morgan fingerprint density at radius 2 is 1.52 bits per heavy atom. The quantitative estimate of drug-likeness (QED) is 0.361. The first-order valence-electron chi connectivity index (χ1n) is 10.2. The van der Waals surface area contributed by atoms with Gasteiger partial charge < -0.3 is 5.32 Å². The van der Waals surface area contributed by atoms with Gasteiger partial charge in [0.05, 0.1) is 5.25 Å². The van der Waals surface area contributed by atoms with E-state index in [0.717, 1.165) is 12.8 Å². The molecule has 0 aliphatic heterocycles. The summed E-state index contributed by atoms with van der Waals surface area (Å²) < 4.78 is 26.8. The Labute approximate surface area is 184 Å². The largest absolute Gasteiger partial charge is 0.355 e. The summed E-state index contributed by atoms with van der Waals surface area (Å²) >= 11 is 1.24. The number of carbonyl (C=O) groups is 1. The molecule has 5 nitrogen and oxygen atoms in total. The number of benzene rings is 2. The first-order chi connectivity index (χ1) is 15.0. The van der Waals surface area contributed by atoms with Crippen molar-refractivity contribution in [2.75, 3.05) is 6.54 Å². The molecule has 0 bridgehead atoms. The van der Waals surface area contributed by atoms with Gasteiger partial charge in [-0.15, -0.1) is 10.2 Å². The van der Waals surface area contributed by atoms with Crippen molar-refractivity contribution in [3.05, 3.63) is 60.2 Å². The summed E-state index contributed by atoms with van der Waals surface area (Å²) in [6.07, 6.45) is 2.53. The second-order valence-electron chi connectivity index (χ2n) is 6.96. The van der Waals surface area contributed by atoms with Crippen LogP contribution in [0.15, 0.2) is 53.7 Å². The van der Waals surface area contributed by atoms with Gasteiger partial charge in [0.15, 0.2) is 0 Å². The maximum absolute atomic E-state index is 13.4. The normalized spacial score (nSPS) is 11.9. The molecular weight excluding hydrogens is 418 g/mol. The van der Waals surface area contributed by atoms with Gasteiger partial charge in [-0.05, 0) is 61.4 Å². The van der Waals surface area contributed by atoms with Crippen LogP contribution in [-0.4, -0.2) is 32.9 Å². The number of nitrogens with zero attached hydrogens (tertiary/aromatic N) is 3.